The Kier molecular flexibility index (Phi) is 4.35. The van der Waals surface area contributed by atoms with E-state index in [1.807, 2.05) is 24.3 Å². The molecule has 0 saturated carbocycles. The highest BCUT2D eigenvalue weighted by atomic mass is 19.1. The average molecular weight is 273 g/mol. The van der Waals surface area contributed by atoms with Gasteiger partial charge in [-0.2, -0.15) is 0 Å². The van der Waals surface area contributed by atoms with Crippen LogP contribution >= 0.6 is 0 Å². The van der Waals surface area contributed by atoms with Crippen LogP contribution in [0.15, 0.2) is 48.5 Å². The number of carbonyl (C=O) groups excluding carboxylic acids is 1. The highest BCUT2D eigenvalue weighted by molar-refractivity contribution is 5.94. The number of hydrogen-bond acceptors (Lipinski definition) is 2. The molecule has 2 rings (SSSR count). The molecule has 0 saturated heterocycles. The third-order valence-electron chi connectivity index (χ3n) is 3.03. The molecule has 104 valence electrons. The van der Waals surface area contributed by atoms with Gasteiger partial charge >= 0.3 is 0 Å². The summed E-state index contributed by atoms with van der Waals surface area (Å²) in [6, 6.07) is 13.4. The molecule has 0 radical (unpaired) electrons. The van der Waals surface area contributed by atoms with Gasteiger partial charge < -0.3 is 9.64 Å². The van der Waals surface area contributed by atoms with Crippen LogP contribution in [0.2, 0.25) is 0 Å². The maximum Gasteiger partial charge on any atom is 0.256 e. The fraction of sp³-hybridized carbons (Fsp3) is 0.188. The SMILES string of the molecule is COc1ccc(CN(C)C(=O)c2ccccc2F)cc1. The molecular weight excluding hydrogens is 257 g/mol. The van der Waals surface area contributed by atoms with Crippen LogP contribution in [0.5, 0.6) is 5.75 Å². The minimum Gasteiger partial charge on any atom is -0.497 e. The Morgan fingerprint density at radius 2 is 1.80 bits per heavy atom. The van der Waals surface area contributed by atoms with Crippen molar-refractivity contribution in [1.29, 1.82) is 0 Å². The number of methoxy groups -OCH3 is 1. The molecule has 2 aromatic rings. The number of rotatable bonds is 4. The lowest BCUT2D eigenvalue weighted by Gasteiger charge is -2.17. The predicted molar refractivity (Wildman–Crippen MR) is 75.2 cm³/mol. The molecule has 0 aliphatic rings. The van der Waals surface area contributed by atoms with Crippen molar-refractivity contribution >= 4 is 5.91 Å². The molecule has 4 heteroatoms. The fourth-order valence-electron chi connectivity index (χ4n) is 1.92. The Morgan fingerprint density at radius 1 is 1.15 bits per heavy atom. The third-order valence-corrected chi connectivity index (χ3v) is 3.03. The second-order valence-corrected chi connectivity index (χ2v) is 4.49. The lowest BCUT2D eigenvalue weighted by Crippen LogP contribution is -2.26. The second-order valence-electron chi connectivity index (χ2n) is 4.49. The van der Waals surface area contributed by atoms with Crippen molar-refractivity contribution in [2.45, 2.75) is 6.54 Å². The maximum atomic E-state index is 13.6. The van der Waals surface area contributed by atoms with Crippen molar-refractivity contribution in [3.8, 4) is 5.75 Å². The van der Waals surface area contributed by atoms with E-state index in [1.165, 1.54) is 17.0 Å². The normalized spacial score (nSPS) is 10.2. The number of ether oxygens (including phenoxy) is 1. The summed E-state index contributed by atoms with van der Waals surface area (Å²) in [5.74, 6) is -0.0742. The summed E-state index contributed by atoms with van der Waals surface area (Å²) in [5, 5.41) is 0. The summed E-state index contributed by atoms with van der Waals surface area (Å²) in [5.41, 5.74) is 1.04. The zero-order chi connectivity index (χ0) is 14.5. The van der Waals surface area contributed by atoms with Crippen LogP contribution in [0.1, 0.15) is 15.9 Å². The Balaban J connectivity index is 2.09. The molecule has 20 heavy (non-hydrogen) atoms. The highest BCUT2D eigenvalue weighted by Crippen LogP contribution is 2.15. The predicted octanol–water partition coefficient (Wildman–Crippen LogP) is 3.11. The van der Waals surface area contributed by atoms with E-state index in [0.717, 1.165) is 11.3 Å². The topological polar surface area (TPSA) is 29.5 Å². The number of benzene rings is 2. The quantitative estimate of drug-likeness (QED) is 0.856. The number of halogens is 1. The van der Waals surface area contributed by atoms with E-state index in [9.17, 15) is 9.18 Å². The van der Waals surface area contributed by atoms with E-state index in [0.29, 0.717) is 6.54 Å². The molecule has 0 spiro atoms. The van der Waals surface area contributed by atoms with Gasteiger partial charge in [-0.3, -0.25) is 4.79 Å². The van der Waals surface area contributed by atoms with Crippen molar-refractivity contribution < 1.29 is 13.9 Å². The van der Waals surface area contributed by atoms with E-state index in [1.54, 1.807) is 26.3 Å². The number of amides is 1. The number of carbonyl (C=O) groups is 1. The van der Waals surface area contributed by atoms with Crippen LogP contribution in [0.25, 0.3) is 0 Å². The molecule has 0 aliphatic carbocycles. The molecule has 0 unspecified atom stereocenters. The van der Waals surface area contributed by atoms with Crippen molar-refractivity contribution in [1.82, 2.24) is 4.90 Å². The third kappa shape index (κ3) is 3.15. The van der Waals surface area contributed by atoms with Gasteiger partial charge in [0.25, 0.3) is 5.91 Å². The summed E-state index contributed by atoms with van der Waals surface area (Å²) < 4.78 is 18.7. The van der Waals surface area contributed by atoms with E-state index >= 15 is 0 Å². The summed E-state index contributed by atoms with van der Waals surface area (Å²) in [6.45, 7) is 0.414. The van der Waals surface area contributed by atoms with Gasteiger partial charge in [0.05, 0.1) is 12.7 Å². The zero-order valence-corrected chi connectivity index (χ0v) is 11.5. The molecule has 0 fully saturated rings. The van der Waals surface area contributed by atoms with Gasteiger partial charge in [-0.05, 0) is 29.8 Å². The molecule has 3 nitrogen and oxygen atoms in total. The Labute approximate surface area is 117 Å². The number of hydrogen-bond donors (Lipinski definition) is 0. The second kappa shape index (κ2) is 6.19. The minimum atomic E-state index is -0.501. The van der Waals surface area contributed by atoms with E-state index in [-0.39, 0.29) is 11.5 Å². The van der Waals surface area contributed by atoms with Gasteiger partial charge in [0.15, 0.2) is 0 Å². The molecule has 0 heterocycles. The first-order valence-electron chi connectivity index (χ1n) is 6.24. The van der Waals surface area contributed by atoms with E-state index < -0.39 is 5.82 Å². The van der Waals surface area contributed by atoms with Crippen molar-refractivity contribution in [2.75, 3.05) is 14.2 Å². The Bertz CT molecular complexity index is 596. The van der Waals surface area contributed by atoms with E-state index in [4.69, 9.17) is 4.74 Å². The van der Waals surface area contributed by atoms with Crippen LogP contribution in [-0.4, -0.2) is 25.0 Å². The smallest absolute Gasteiger partial charge is 0.256 e. The van der Waals surface area contributed by atoms with Crippen molar-refractivity contribution in [2.24, 2.45) is 0 Å². The van der Waals surface area contributed by atoms with Gasteiger partial charge in [0.2, 0.25) is 0 Å². The Morgan fingerprint density at radius 3 is 2.40 bits per heavy atom. The van der Waals surface area contributed by atoms with Crippen molar-refractivity contribution in [3.63, 3.8) is 0 Å². The first-order valence-corrected chi connectivity index (χ1v) is 6.24. The van der Waals surface area contributed by atoms with Gasteiger partial charge in [0.1, 0.15) is 11.6 Å². The molecule has 1 amide bonds. The van der Waals surface area contributed by atoms with E-state index in [2.05, 4.69) is 0 Å². The lowest BCUT2D eigenvalue weighted by molar-refractivity contribution is 0.0780. The minimum absolute atomic E-state index is 0.0866. The Hall–Kier alpha value is -2.36. The molecular formula is C16H16FNO2. The summed E-state index contributed by atoms with van der Waals surface area (Å²) in [7, 11) is 3.25. The van der Waals surface area contributed by atoms with Gasteiger partial charge in [-0.25, -0.2) is 4.39 Å². The first-order chi connectivity index (χ1) is 9.61. The molecule has 0 atom stereocenters. The average Bonchev–Trinajstić information content (AvgIpc) is 2.48. The van der Waals surface area contributed by atoms with Crippen LogP contribution in [0.3, 0.4) is 0 Å². The molecule has 0 aromatic heterocycles. The summed E-state index contributed by atoms with van der Waals surface area (Å²) in [6.07, 6.45) is 0. The van der Waals surface area contributed by atoms with Gasteiger partial charge in [-0.1, -0.05) is 24.3 Å². The van der Waals surface area contributed by atoms with Crippen molar-refractivity contribution in [3.05, 3.63) is 65.5 Å². The fourth-order valence-corrected chi connectivity index (χ4v) is 1.92. The highest BCUT2D eigenvalue weighted by Gasteiger charge is 2.15. The monoisotopic (exact) mass is 273 g/mol. The van der Waals surface area contributed by atoms with Crippen LogP contribution in [-0.2, 0) is 6.54 Å². The van der Waals surface area contributed by atoms with Crippen LogP contribution < -0.4 is 4.74 Å². The van der Waals surface area contributed by atoms with Crippen LogP contribution in [0.4, 0.5) is 4.39 Å². The largest absolute Gasteiger partial charge is 0.497 e. The molecule has 0 bridgehead atoms. The number of nitrogens with zero attached hydrogens (tertiary/aromatic N) is 1. The maximum absolute atomic E-state index is 13.6. The first kappa shape index (κ1) is 14.1. The van der Waals surface area contributed by atoms with Crippen LogP contribution in [0, 0.1) is 5.82 Å². The summed E-state index contributed by atoms with van der Waals surface area (Å²) >= 11 is 0. The lowest BCUT2D eigenvalue weighted by atomic mass is 10.1. The summed E-state index contributed by atoms with van der Waals surface area (Å²) in [4.78, 5) is 13.6. The molecule has 2 aromatic carbocycles. The molecule has 0 aliphatic heterocycles. The van der Waals surface area contributed by atoms with Gasteiger partial charge in [0, 0.05) is 13.6 Å². The van der Waals surface area contributed by atoms with Gasteiger partial charge in [-0.15, -0.1) is 0 Å². The standard InChI is InChI=1S/C16H16FNO2/c1-18(11-12-7-9-13(20-2)10-8-12)16(19)14-5-3-4-6-15(14)17/h3-10H,11H2,1-2H3. The zero-order valence-electron chi connectivity index (χ0n) is 11.5. The molecule has 0 N–H and O–H groups in total.